The van der Waals surface area contributed by atoms with E-state index in [0.717, 1.165) is 38.2 Å². The second-order valence-corrected chi connectivity index (χ2v) is 4.76. The Bertz CT molecular complexity index is 381. The number of rotatable bonds is 4. The molecule has 0 saturated carbocycles. The molecule has 1 atom stereocenters. The van der Waals surface area contributed by atoms with Gasteiger partial charge in [-0.25, -0.2) is 0 Å². The topological polar surface area (TPSA) is 24.5 Å². The number of alkyl halides is 2. The zero-order valence-corrected chi connectivity index (χ0v) is 12.3. The van der Waals surface area contributed by atoms with E-state index in [4.69, 9.17) is 0 Å². The van der Waals surface area contributed by atoms with E-state index in [1.165, 1.54) is 0 Å². The highest BCUT2D eigenvalue weighted by Gasteiger charge is 2.17. The van der Waals surface area contributed by atoms with Crippen LogP contribution in [0.5, 0.6) is 5.75 Å². The first-order valence-electron chi connectivity index (χ1n) is 6.66. The Kier molecular flexibility index (Phi) is 7.19. The highest BCUT2D eigenvalue weighted by atomic mass is 35.5. The van der Waals surface area contributed by atoms with Crippen LogP contribution in [-0.4, -0.2) is 37.7 Å². The maximum atomic E-state index is 12.1. The van der Waals surface area contributed by atoms with Crippen molar-refractivity contribution in [1.29, 1.82) is 0 Å². The molecule has 20 heavy (non-hydrogen) atoms. The predicted octanol–water partition coefficient (Wildman–Crippen LogP) is 3.07. The lowest BCUT2D eigenvalue weighted by Crippen LogP contribution is -2.30. The fourth-order valence-corrected chi connectivity index (χ4v) is 2.39. The molecule has 1 heterocycles. The van der Waals surface area contributed by atoms with Crippen LogP contribution in [0.4, 0.5) is 8.78 Å². The first kappa shape index (κ1) is 17.1. The number of halogens is 3. The van der Waals surface area contributed by atoms with Gasteiger partial charge < -0.3 is 10.1 Å². The van der Waals surface area contributed by atoms with Crippen LogP contribution >= 0.6 is 12.4 Å². The molecule has 0 aliphatic carbocycles. The number of benzene rings is 1. The quantitative estimate of drug-likeness (QED) is 0.925. The Labute approximate surface area is 124 Å². The molecule has 1 N–H and O–H groups in total. The predicted molar refractivity (Wildman–Crippen MR) is 77.8 cm³/mol. The zero-order valence-electron chi connectivity index (χ0n) is 11.5. The molecule has 0 spiro atoms. The molecule has 1 aromatic carbocycles. The van der Waals surface area contributed by atoms with Crippen LogP contribution in [0.25, 0.3) is 0 Å². The maximum Gasteiger partial charge on any atom is 0.387 e. The van der Waals surface area contributed by atoms with E-state index in [1.54, 1.807) is 12.1 Å². The molecule has 1 aliphatic rings. The Morgan fingerprint density at radius 2 is 1.85 bits per heavy atom. The summed E-state index contributed by atoms with van der Waals surface area (Å²) in [5.41, 5.74) is 1.13. The summed E-state index contributed by atoms with van der Waals surface area (Å²) < 4.78 is 28.5. The summed E-state index contributed by atoms with van der Waals surface area (Å²) in [6, 6.07) is 7.23. The van der Waals surface area contributed by atoms with E-state index in [0.29, 0.717) is 6.04 Å². The van der Waals surface area contributed by atoms with Crippen LogP contribution in [0, 0.1) is 0 Å². The largest absolute Gasteiger partial charge is 0.435 e. The van der Waals surface area contributed by atoms with Crippen LogP contribution in [0.3, 0.4) is 0 Å². The van der Waals surface area contributed by atoms with Crippen LogP contribution in [-0.2, 0) is 0 Å². The van der Waals surface area contributed by atoms with Gasteiger partial charge in [0.15, 0.2) is 0 Å². The summed E-state index contributed by atoms with van der Waals surface area (Å²) in [4.78, 5) is 2.41. The van der Waals surface area contributed by atoms with Gasteiger partial charge >= 0.3 is 6.61 Å². The lowest BCUT2D eigenvalue weighted by atomic mass is 10.1. The van der Waals surface area contributed by atoms with Crippen molar-refractivity contribution in [2.45, 2.75) is 26.0 Å². The first-order chi connectivity index (χ1) is 9.16. The minimum absolute atomic E-state index is 0. The average molecular weight is 307 g/mol. The molecule has 6 heteroatoms. The standard InChI is InChI=1S/C14H20F2N2O.ClH/c1-11(18-9-2-7-17-8-10-18)12-3-5-13(6-4-12)19-14(15)16;/h3-6,11,14,17H,2,7-10H2,1H3;1H. The summed E-state index contributed by atoms with van der Waals surface area (Å²) in [5, 5.41) is 3.37. The summed E-state index contributed by atoms with van der Waals surface area (Å²) in [6.07, 6.45) is 1.14. The van der Waals surface area contributed by atoms with E-state index >= 15 is 0 Å². The van der Waals surface area contributed by atoms with Crippen molar-refractivity contribution in [1.82, 2.24) is 10.2 Å². The summed E-state index contributed by atoms with van der Waals surface area (Å²) in [6.45, 7) is 3.51. The van der Waals surface area contributed by atoms with Crippen LogP contribution in [0.2, 0.25) is 0 Å². The van der Waals surface area contributed by atoms with Crippen molar-refractivity contribution in [2.75, 3.05) is 26.2 Å². The van der Waals surface area contributed by atoms with E-state index < -0.39 is 6.61 Å². The van der Waals surface area contributed by atoms with Gasteiger partial charge in [0.2, 0.25) is 0 Å². The third-order valence-electron chi connectivity index (χ3n) is 3.51. The smallest absolute Gasteiger partial charge is 0.387 e. The van der Waals surface area contributed by atoms with Crippen molar-refractivity contribution < 1.29 is 13.5 Å². The van der Waals surface area contributed by atoms with Crippen molar-refractivity contribution in [3.8, 4) is 5.75 Å². The van der Waals surface area contributed by atoms with Gasteiger partial charge in [-0.2, -0.15) is 8.78 Å². The zero-order chi connectivity index (χ0) is 13.7. The fourth-order valence-electron chi connectivity index (χ4n) is 2.39. The van der Waals surface area contributed by atoms with Gasteiger partial charge in [-0.05, 0) is 44.1 Å². The molecule has 1 unspecified atom stereocenters. The van der Waals surface area contributed by atoms with Gasteiger partial charge in [0, 0.05) is 19.1 Å². The van der Waals surface area contributed by atoms with Gasteiger partial charge in [0.25, 0.3) is 0 Å². The second-order valence-electron chi connectivity index (χ2n) is 4.76. The van der Waals surface area contributed by atoms with Gasteiger partial charge in [-0.3, -0.25) is 4.90 Å². The van der Waals surface area contributed by atoms with Gasteiger partial charge in [-0.15, -0.1) is 12.4 Å². The minimum Gasteiger partial charge on any atom is -0.435 e. The molecule has 1 aromatic rings. The average Bonchev–Trinajstić information content (AvgIpc) is 2.67. The van der Waals surface area contributed by atoms with E-state index in [-0.39, 0.29) is 18.2 Å². The lowest BCUT2D eigenvalue weighted by Gasteiger charge is -2.27. The third kappa shape index (κ3) is 4.89. The van der Waals surface area contributed by atoms with E-state index in [9.17, 15) is 8.78 Å². The number of nitrogens with zero attached hydrogens (tertiary/aromatic N) is 1. The number of hydrogen-bond donors (Lipinski definition) is 1. The highest BCUT2D eigenvalue weighted by molar-refractivity contribution is 5.85. The van der Waals surface area contributed by atoms with Crippen molar-refractivity contribution >= 4 is 12.4 Å². The molecule has 3 nitrogen and oxygen atoms in total. The van der Waals surface area contributed by atoms with Gasteiger partial charge in [0.1, 0.15) is 5.75 Å². The normalized spacial score (nSPS) is 18.2. The monoisotopic (exact) mass is 306 g/mol. The summed E-state index contributed by atoms with van der Waals surface area (Å²) >= 11 is 0. The third-order valence-corrected chi connectivity index (χ3v) is 3.51. The van der Waals surface area contributed by atoms with Crippen LogP contribution in [0.15, 0.2) is 24.3 Å². The number of hydrogen-bond acceptors (Lipinski definition) is 3. The van der Waals surface area contributed by atoms with E-state index in [2.05, 4.69) is 21.9 Å². The Morgan fingerprint density at radius 1 is 1.15 bits per heavy atom. The van der Waals surface area contributed by atoms with Crippen LogP contribution in [0.1, 0.15) is 24.9 Å². The summed E-state index contributed by atoms with van der Waals surface area (Å²) in [7, 11) is 0. The van der Waals surface area contributed by atoms with Crippen molar-refractivity contribution in [3.63, 3.8) is 0 Å². The molecule has 0 aromatic heterocycles. The number of nitrogens with one attached hydrogen (secondary N) is 1. The molecule has 1 aliphatic heterocycles. The molecular formula is C14H21ClF2N2O. The lowest BCUT2D eigenvalue weighted by molar-refractivity contribution is -0.0498. The SMILES string of the molecule is CC(c1ccc(OC(F)F)cc1)N1CCCNCC1.Cl. The second kappa shape index (κ2) is 8.39. The van der Waals surface area contributed by atoms with Crippen molar-refractivity contribution in [2.24, 2.45) is 0 Å². The van der Waals surface area contributed by atoms with Crippen LogP contribution < -0.4 is 10.1 Å². The first-order valence-corrected chi connectivity index (χ1v) is 6.66. The molecule has 114 valence electrons. The van der Waals surface area contributed by atoms with E-state index in [1.807, 2.05) is 12.1 Å². The highest BCUT2D eigenvalue weighted by Crippen LogP contribution is 2.23. The molecule has 0 bridgehead atoms. The Morgan fingerprint density at radius 3 is 2.50 bits per heavy atom. The molecular weight excluding hydrogens is 286 g/mol. The molecule has 1 fully saturated rings. The van der Waals surface area contributed by atoms with Crippen molar-refractivity contribution in [3.05, 3.63) is 29.8 Å². The Balaban J connectivity index is 0.00000200. The van der Waals surface area contributed by atoms with Gasteiger partial charge in [0.05, 0.1) is 0 Å². The minimum atomic E-state index is -2.76. The van der Waals surface area contributed by atoms with Gasteiger partial charge in [-0.1, -0.05) is 12.1 Å². The molecule has 0 radical (unpaired) electrons. The molecule has 1 saturated heterocycles. The molecule has 0 amide bonds. The molecule has 2 rings (SSSR count). The number of ether oxygens (including phenoxy) is 1. The fraction of sp³-hybridized carbons (Fsp3) is 0.571. The Hall–Kier alpha value is -0.910. The maximum absolute atomic E-state index is 12.1. The summed E-state index contributed by atoms with van der Waals surface area (Å²) in [5.74, 6) is 0.212.